The fourth-order valence-electron chi connectivity index (χ4n) is 3.08. The molecule has 0 aromatic carbocycles. The van der Waals surface area contributed by atoms with E-state index in [9.17, 15) is 5.11 Å². The van der Waals surface area contributed by atoms with Crippen LogP contribution in [-0.4, -0.2) is 43.9 Å². The Morgan fingerprint density at radius 2 is 2.24 bits per heavy atom. The molecule has 0 radical (unpaired) electrons. The molecule has 2 N–H and O–H groups in total. The van der Waals surface area contributed by atoms with Crippen molar-refractivity contribution in [3.05, 3.63) is 36.5 Å². The van der Waals surface area contributed by atoms with Crippen molar-refractivity contribution in [2.45, 2.75) is 45.4 Å². The van der Waals surface area contributed by atoms with Crippen LogP contribution in [0.4, 0.5) is 5.82 Å². The standard InChI is InChI=1S/C18H25N5O2/c1-3-5-13(4-2)8-9-19-17-16-18(21-11-20-17)23(12-22-16)15-7-6-14(10-24)25-15/h3-5,11-12,14-15,24H,6-10H2,1-2H3,(H,19,20,21)/b5-3-,13-4+. The highest BCUT2D eigenvalue weighted by atomic mass is 16.5. The molecule has 1 saturated heterocycles. The lowest BCUT2D eigenvalue weighted by Crippen LogP contribution is -2.14. The molecule has 7 nitrogen and oxygen atoms in total. The van der Waals surface area contributed by atoms with Crippen molar-refractivity contribution < 1.29 is 9.84 Å². The van der Waals surface area contributed by atoms with E-state index in [0.717, 1.165) is 42.8 Å². The first-order valence-electron chi connectivity index (χ1n) is 8.72. The van der Waals surface area contributed by atoms with Gasteiger partial charge >= 0.3 is 0 Å². The van der Waals surface area contributed by atoms with Crippen LogP contribution in [0.15, 0.2) is 36.5 Å². The molecule has 7 heteroatoms. The van der Waals surface area contributed by atoms with Crippen molar-refractivity contribution in [3.8, 4) is 0 Å². The molecular weight excluding hydrogens is 318 g/mol. The maximum absolute atomic E-state index is 9.24. The summed E-state index contributed by atoms with van der Waals surface area (Å²) >= 11 is 0. The monoisotopic (exact) mass is 343 g/mol. The normalized spacial score (nSPS) is 21.5. The lowest BCUT2D eigenvalue weighted by Gasteiger charge is -2.14. The minimum absolute atomic E-state index is 0.0460. The minimum atomic E-state index is -0.130. The summed E-state index contributed by atoms with van der Waals surface area (Å²) in [4.78, 5) is 13.2. The molecule has 0 spiro atoms. The average molecular weight is 343 g/mol. The summed E-state index contributed by atoms with van der Waals surface area (Å²) < 4.78 is 7.76. The predicted molar refractivity (Wildman–Crippen MR) is 97.2 cm³/mol. The Morgan fingerprint density at radius 3 is 2.96 bits per heavy atom. The van der Waals surface area contributed by atoms with E-state index in [1.807, 2.05) is 24.5 Å². The van der Waals surface area contributed by atoms with E-state index in [1.165, 1.54) is 5.57 Å². The molecule has 0 amide bonds. The van der Waals surface area contributed by atoms with Crippen LogP contribution in [-0.2, 0) is 4.74 Å². The summed E-state index contributed by atoms with van der Waals surface area (Å²) in [6.07, 6.45) is 11.9. The molecule has 2 aromatic rings. The summed E-state index contributed by atoms with van der Waals surface area (Å²) in [5.41, 5.74) is 2.77. The lowest BCUT2D eigenvalue weighted by molar-refractivity contribution is -0.0207. The second-order valence-electron chi connectivity index (χ2n) is 6.06. The zero-order chi connectivity index (χ0) is 17.6. The number of rotatable bonds is 7. The first-order chi connectivity index (χ1) is 12.3. The van der Waals surface area contributed by atoms with Gasteiger partial charge in [0.25, 0.3) is 0 Å². The van der Waals surface area contributed by atoms with Crippen LogP contribution in [0.3, 0.4) is 0 Å². The minimum Gasteiger partial charge on any atom is -0.394 e. The van der Waals surface area contributed by atoms with Crippen LogP contribution in [0.25, 0.3) is 11.2 Å². The maximum Gasteiger partial charge on any atom is 0.167 e. The Morgan fingerprint density at radius 1 is 1.36 bits per heavy atom. The van der Waals surface area contributed by atoms with Crippen molar-refractivity contribution in [2.24, 2.45) is 0 Å². The van der Waals surface area contributed by atoms with Crippen molar-refractivity contribution in [1.29, 1.82) is 0 Å². The molecule has 3 heterocycles. The average Bonchev–Trinajstić information content (AvgIpc) is 3.27. The highest BCUT2D eigenvalue weighted by molar-refractivity contribution is 5.82. The van der Waals surface area contributed by atoms with Gasteiger partial charge in [-0.05, 0) is 33.1 Å². The Bertz CT molecular complexity index is 768. The van der Waals surface area contributed by atoms with Gasteiger partial charge in [-0.3, -0.25) is 4.57 Å². The Hall–Kier alpha value is -2.25. The van der Waals surface area contributed by atoms with E-state index < -0.39 is 0 Å². The van der Waals surface area contributed by atoms with Gasteiger partial charge in [0.1, 0.15) is 12.6 Å². The zero-order valence-corrected chi connectivity index (χ0v) is 14.7. The van der Waals surface area contributed by atoms with E-state index in [1.54, 1.807) is 12.7 Å². The number of ether oxygens (including phenoxy) is 1. The number of hydrogen-bond acceptors (Lipinski definition) is 6. The summed E-state index contributed by atoms with van der Waals surface area (Å²) in [6, 6.07) is 0. The molecule has 0 bridgehead atoms. The van der Waals surface area contributed by atoms with Crippen LogP contribution >= 0.6 is 0 Å². The van der Waals surface area contributed by atoms with Crippen molar-refractivity contribution >= 4 is 17.0 Å². The summed E-state index contributed by atoms with van der Waals surface area (Å²) in [5.74, 6) is 0.733. The van der Waals surface area contributed by atoms with Crippen LogP contribution in [0.2, 0.25) is 0 Å². The third-order valence-corrected chi connectivity index (χ3v) is 4.42. The van der Waals surface area contributed by atoms with Gasteiger partial charge < -0.3 is 15.2 Å². The number of aliphatic hydroxyl groups is 1. The number of nitrogens with one attached hydrogen (secondary N) is 1. The van der Waals surface area contributed by atoms with Crippen LogP contribution in [0.5, 0.6) is 0 Å². The summed E-state index contributed by atoms with van der Waals surface area (Å²) in [7, 11) is 0. The van der Waals surface area contributed by atoms with Crippen molar-refractivity contribution in [1.82, 2.24) is 19.5 Å². The van der Waals surface area contributed by atoms with E-state index in [2.05, 4.69) is 32.4 Å². The number of hydrogen-bond donors (Lipinski definition) is 2. The predicted octanol–water partition coefficient (Wildman–Crippen LogP) is 2.82. The Labute approximate surface area is 147 Å². The topological polar surface area (TPSA) is 85.1 Å². The fraction of sp³-hybridized carbons (Fsp3) is 0.500. The highest BCUT2D eigenvalue weighted by Crippen LogP contribution is 2.31. The third kappa shape index (κ3) is 3.88. The number of aromatic nitrogens is 4. The number of fused-ring (bicyclic) bond motifs is 1. The zero-order valence-electron chi connectivity index (χ0n) is 14.7. The molecule has 1 aliphatic rings. The van der Waals surface area contributed by atoms with E-state index in [4.69, 9.17) is 4.74 Å². The van der Waals surface area contributed by atoms with Gasteiger partial charge in [0.15, 0.2) is 17.0 Å². The lowest BCUT2D eigenvalue weighted by atomic mass is 10.1. The molecular formula is C18H25N5O2. The van der Waals surface area contributed by atoms with Crippen LogP contribution < -0.4 is 5.32 Å². The SMILES string of the molecule is C/C=C\C(=C/C)CCNc1ncnc2c1ncn2C1CCC(CO)O1. The first kappa shape index (κ1) is 17.6. The van der Waals surface area contributed by atoms with E-state index in [-0.39, 0.29) is 18.9 Å². The molecule has 25 heavy (non-hydrogen) atoms. The molecule has 0 saturated carbocycles. The Kier molecular flexibility index (Phi) is 5.78. The number of anilines is 1. The molecule has 134 valence electrons. The molecule has 2 atom stereocenters. The third-order valence-electron chi connectivity index (χ3n) is 4.42. The summed E-state index contributed by atoms with van der Waals surface area (Å²) in [6.45, 7) is 4.88. The maximum atomic E-state index is 9.24. The van der Waals surface area contributed by atoms with Gasteiger partial charge in [-0.1, -0.05) is 23.8 Å². The summed E-state index contributed by atoms with van der Waals surface area (Å²) in [5, 5.41) is 12.6. The van der Waals surface area contributed by atoms with E-state index >= 15 is 0 Å². The molecule has 1 aliphatic heterocycles. The van der Waals surface area contributed by atoms with Gasteiger partial charge in [0, 0.05) is 6.54 Å². The number of allylic oxidation sites excluding steroid dienone is 3. The van der Waals surface area contributed by atoms with E-state index in [0.29, 0.717) is 0 Å². The number of imidazole rings is 1. The number of aliphatic hydroxyl groups excluding tert-OH is 1. The number of nitrogens with zero attached hydrogens (tertiary/aromatic N) is 4. The van der Waals surface area contributed by atoms with Gasteiger partial charge in [-0.15, -0.1) is 0 Å². The highest BCUT2D eigenvalue weighted by Gasteiger charge is 2.27. The Balaban J connectivity index is 1.73. The first-order valence-corrected chi connectivity index (χ1v) is 8.72. The van der Waals surface area contributed by atoms with Gasteiger partial charge in [0.2, 0.25) is 0 Å². The van der Waals surface area contributed by atoms with Gasteiger partial charge in [-0.2, -0.15) is 0 Å². The van der Waals surface area contributed by atoms with Crippen LogP contribution in [0, 0.1) is 0 Å². The fourth-order valence-corrected chi connectivity index (χ4v) is 3.08. The van der Waals surface area contributed by atoms with Crippen molar-refractivity contribution in [2.75, 3.05) is 18.5 Å². The molecule has 0 aliphatic carbocycles. The molecule has 2 aromatic heterocycles. The van der Waals surface area contributed by atoms with Crippen molar-refractivity contribution in [3.63, 3.8) is 0 Å². The van der Waals surface area contributed by atoms with Crippen LogP contribution in [0.1, 0.15) is 39.3 Å². The molecule has 1 fully saturated rings. The second-order valence-corrected chi connectivity index (χ2v) is 6.06. The van der Waals surface area contributed by atoms with Gasteiger partial charge in [-0.25, -0.2) is 15.0 Å². The molecule has 3 rings (SSSR count). The second kappa shape index (κ2) is 8.22. The molecule has 2 unspecified atom stereocenters. The smallest absolute Gasteiger partial charge is 0.167 e. The quantitative estimate of drug-likeness (QED) is 0.752. The van der Waals surface area contributed by atoms with Gasteiger partial charge in [0.05, 0.1) is 19.0 Å². The largest absolute Gasteiger partial charge is 0.394 e.